The van der Waals surface area contributed by atoms with Crippen LogP contribution in [0.15, 0.2) is 54.9 Å². The van der Waals surface area contributed by atoms with Gasteiger partial charge in [0.15, 0.2) is 0 Å². The maximum atomic E-state index is 14.7. The molecule has 0 saturated carbocycles. The van der Waals surface area contributed by atoms with Crippen LogP contribution in [0.1, 0.15) is 84.4 Å². The largest absolute Gasteiger partial charge is 0.508 e. The molecule has 5 atom stereocenters. The van der Waals surface area contributed by atoms with Gasteiger partial charge in [0.25, 0.3) is 5.91 Å². The highest BCUT2D eigenvalue weighted by Crippen LogP contribution is 2.41. The van der Waals surface area contributed by atoms with Crippen LogP contribution >= 0.6 is 0 Å². The number of cyclic esters (lactones) is 1. The first-order valence-corrected chi connectivity index (χ1v) is 23.0. The van der Waals surface area contributed by atoms with E-state index < -0.39 is 41.3 Å². The summed E-state index contributed by atoms with van der Waals surface area (Å²) in [6, 6.07) is 10.8. The summed E-state index contributed by atoms with van der Waals surface area (Å²) in [6.07, 6.45) is 5.93. The third kappa shape index (κ3) is 9.69. The van der Waals surface area contributed by atoms with Gasteiger partial charge in [0.1, 0.15) is 23.9 Å². The van der Waals surface area contributed by atoms with Crippen LogP contribution in [0.25, 0.3) is 33.3 Å². The van der Waals surface area contributed by atoms with Gasteiger partial charge in [0.2, 0.25) is 11.8 Å². The fourth-order valence-electron chi connectivity index (χ4n) is 10.2. The summed E-state index contributed by atoms with van der Waals surface area (Å²) in [7, 11) is 3.36. The molecule has 3 aliphatic heterocycles. The predicted octanol–water partition coefficient (Wildman–Crippen LogP) is 6.01. The summed E-state index contributed by atoms with van der Waals surface area (Å²) in [5.74, 6) is -1.74. The number of hydrazine groups is 1. The Morgan fingerprint density at radius 3 is 2.58 bits per heavy atom. The van der Waals surface area contributed by atoms with Gasteiger partial charge in [-0.2, -0.15) is 0 Å². The van der Waals surface area contributed by atoms with E-state index in [9.17, 15) is 24.3 Å². The Labute approximate surface area is 377 Å². The molecule has 0 radical (unpaired) electrons. The zero-order valence-electron chi connectivity index (χ0n) is 39.0. The zero-order valence-corrected chi connectivity index (χ0v) is 39.0. The number of hydrogen-bond donors (Lipinski definition) is 4. The molecular formula is C50H67N7O7. The minimum atomic E-state index is -1.11. The molecule has 64 heavy (non-hydrogen) atoms. The predicted molar refractivity (Wildman–Crippen MR) is 247 cm³/mol. The van der Waals surface area contributed by atoms with Crippen LogP contribution in [0.2, 0.25) is 0 Å². The highest BCUT2D eigenvalue weighted by Gasteiger charge is 2.42. The highest BCUT2D eigenvalue weighted by molar-refractivity contribution is 5.96. The van der Waals surface area contributed by atoms with Gasteiger partial charge in [0, 0.05) is 74.0 Å². The normalized spacial score (nSPS) is 22.1. The number of carbonyl (C=O) groups excluding carboxylic acids is 4. The van der Waals surface area contributed by atoms with Crippen LogP contribution < -0.4 is 16.1 Å². The van der Waals surface area contributed by atoms with Crippen molar-refractivity contribution in [3.05, 3.63) is 71.5 Å². The lowest BCUT2D eigenvalue weighted by atomic mass is 9.84. The van der Waals surface area contributed by atoms with Crippen molar-refractivity contribution in [3.8, 4) is 28.1 Å². The second-order valence-electron chi connectivity index (χ2n) is 19.4. The van der Waals surface area contributed by atoms with Crippen molar-refractivity contribution in [2.24, 2.45) is 23.2 Å². The maximum absolute atomic E-state index is 14.7. The van der Waals surface area contributed by atoms with Crippen molar-refractivity contribution in [1.29, 1.82) is 0 Å². The zero-order chi connectivity index (χ0) is 46.0. The lowest BCUT2D eigenvalue weighted by Crippen LogP contribution is -2.62. The van der Waals surface area contributed by atoms with Crippen LogP contribution in [0.4, 0.5) is 0 Å². The van der Waals surface area contributed by atoms with E-state index >= 15 is 0 Å². The van der Waals surface area contributed by atoms with Gasteiger partial charge in [-0.15, -0.1) is 0 Å². The van der Waals surface area contributed by atoms with E-state index in [1.165, 1.54) is 5.01 Å². The summed E-state index contributed by atoms with van der Waals surface area (Å²) in [5, 5.41) is 20.3. The molecule has 3 aliphatic rings. The lowest BCUT2D eigenvalue weighted by molar-refractivity contribution is -0.155. The fraction of sp³-hybridized carbons (Fsp3) is 0.540. The molecule has 5 heterocycles. The first kappa shape index (κ1) is 46.7. The van der Waals surface area contributed by atoms with Gasteiger partial charge in [-0.05, 0) is 109 Å². The molecule has 2 unspecified atom stereocenters. The Balaban J connectivity index is 1.32. The molecule has 0 spiro atoms. The third-order valence-electron chi connectivity index (χ3n) is 13.3. The van der Waals surface area contributed by atoms with Crippen LogP contribution in [-0.4, -0.2) is 106 Å². The number of methoxy groups -OCH3 is 1. The topological polar surface area (TPSA) is 167 Å². The third-order valence-corrected chi connectivity index (χ3v) is 13.3. The molecule has 14 heteroatoms. The minimum absolute atomic E-state index is 0.000769. The van der Waals surface area contributed by atoms with Crippen LogP contribution in [0.3, 0.4) is 0 Å². The van der Waals surface area contributed by atoms with Gasteiger partial charge in [-0.3, -0.25) is 29.2 Å². The number of aryl methyl sites for hydroxylation is 1. The second kappa shape index (κ2) is 19.4. The number of phenolic OH excluding ortho intramolecular Hbond substituents is 1. The number of esters is 1. The van der Waals surface area contributed by atoms with Gasteiger partial charge < -0.3 is 34.7 Å². The quantitative estimate of drug-likeness (QED) is 0.139. The van der Waals surface area contributed by atoms with Gasteiger partial charge in [0.05, 0.1) is 24.8 Å². The first-order chi connectivity index (χ1) is 30.5. The maximum Gasteiger partial charge on any atom is 0.324 e. The van der Waals surface area contributed by atoms with Gasteiger partial charge in [-0.25, -0.2) is 5.43 Å². The summed E-state index contributed by atoms with van der Waals surface area (Å²) >= 11 is 0. The number of aromatic nitrogens is 2. The SMILES string of the molecule is CCn1c(-c2cnccc2COC)c2c3cc(ccc31)-c1cc(O)cc(c1)C[C@H](NC(=O)[C@H](C(C)C)N(C)C(=O)C1CCNC1C(C)C)C(=O)N1CCC[C@H](N1)C(=O)OCC(C)(C)C2. The number of aromatic hydroxyl groups is 1. The summed E-state index contributed by atoms with van der Waals surface area (Å²) in [4.78, 5) is 63.3. The number of ether oxygens (including phenoxy) is 2. The lowest BCUT2D eigenvalue weighted by Gasteiger charge is -2.37. The standard InChI is InChI=1S/C50H67N7O7/c1-10-56-42-14-13-32-24-37(42)38(45(56)39-26-51-17-15-33(39)27-63-9)25-50(6,7)28-64-49(62)40-12-11-19-57(54-40)48(61)41(22-31-20-34(32)23-35(58)21-31)53-46(59)44(30(4)5)55(8)47(60)36-16-18-52-43(36)29(2)3/h13-15,17,20-21,23-24,26,29-30,36,40-41,43-44,52,54,58H,10-12,16,18-19,22,25,27-28H2,1-9H3,(H,53,59)/t36?,40-,41-,43?,44-/m0/s1. The van der Waals surface area contributed by atoms with Crippen molar-refractivity contribution in [2.45, 2.75) is 118 Å². The Kier molecular flexibility index (Phi) is 14.2. The Morgan fingerprint density at radius 1 is 1.08 bits per heavy atom. The molecule has 4 N–H and O–H groups in total. The van der Waals surface area contributed by atoms with E-state index in [0.717, 1.165) is 51.0 Å². The van der Waals surface area contributed by atoms with E-state index in [1.807, 2.05) is 38.2 Å². The number of amides is 3. The number of nitrogens with one attached hydrogen (secondary N) is 3. The number of pyridine rings is 1. The van der Waals surface area contributed by atoms with Crippen LogP contribution in [0, 0.1) is 23.2 Å². The number of likely N-dealkylation sites (N-methyl/N-ethyl adjacent to an activating group) is 1. The average molecular weight is 878 g/mol. The summed E-state index contributed by atoms with van der Waals surface area (Å²) in [6.45, 7) is 16.5. The van der Waals surface area contributed by atoms with Gasteiger partial charge in [-0.1, -0.05) is 53.7 Å². The molecule has 2 fully saturated rings. The number of benzene rings is 2. The molecule has 2 saturated heterocycles. The molecule has 2 aromatic heterocycles. The monoisotopic (exact) mass is 878 g/mol. The highest BCUT2D eigenvalue weighted by atomic mass is 16.5. The number of carbonyl (C=O) groups is 4. The van der Waals surface area contributed by atoms with E-state index in [2.05, 4.69) is 72.4 Å². The fourth-order valence-corrected chi connectivity index (χ4v) is 10.2. The number of hydrogen-bond acceptors (Lipinski definition) is 10. The van der Waals surface area contributed by atoms with Crippen molar-refractivity contribution < 1.29 is 33.8 Å². The summed E-state index contributed by atoms with van der Waals surface area (Å²) in [5.41, 5.74) is 9.93. The van der Waals surface area contributed by atoms with Crippen molar-refractivity contribution >= 4 is 34.6 Å². The molecule has 6 bridgehead atoms. The molecular weight excluding hydrogens is 811 g/mol. The molecule has 3 amide bonds. The number of phenols is 1. The van der Waals surface area contributed by atoms with Crippen LogP contribution in [0.5, 0.6) is 5.75 Å². The molecule has 0 aliphatic carbocycles. The summed E-state index contributed by atoms with van der Waals surface area (Å²) < 4.78 is 14.0. The van der Waals surface area contributed by atoms with E-state index in [0.29, 0.717) is 50.9 Å². The first-order valence-electron chi connectivity index (χ1n) is 23.0. The van der Waals surface area contributed by atoms with Gasteiger partial charge >= 0.3 is 5.97 Å². The van der Waals surface area contributed by atoms with E-state index in [1.54, 1.807) is 37.4 Å². The van der Waals surface area contributed by atoms with Crippen molar-refractivity contribution in [1.82, 2.24) is 35.5 Å². The molecule has 14 nitrogen and oxygen atoms in total. The number of nitrogens with zero attached hydrogens (tertiary/aromatic N) is 4. The van der Waals surface area contributed by atoms with Crippen molar-refractivity contribution in [2.75, 3.05) is 33.9 Å². The number of rotatable bonds is 10. The average Bonchev–Trinajstić information content (AvgIpc) is 3.87. The Hall–Kier alpha value is -5.31. The Morgan fingerprint density at radius 2 is 1.86 bits per heavy atom. The number of fused-ring (bicyclic) bond motifs is 6. The molecule has 344 valence electrons. The van der Waals surface area contributed by atoms with E-state index in [4.69, 9.17) is 9.47 Å². The smallest absolute Gasteiger partial charge is 0.324 e. The van der Waals surface area contributed by atoms with E-state index in [-0.39, 0.29) is 48.5 Å². The second-order valence-corrected chi connectivity index (χ2v) is 19.4. The van der Waals surface area contributed by atoms with Crippen molar-refractivity contribution in [3.63, 3.8) is 0 Å². The van der Waals surface area contributed by atoms with Crippen LogP contribution in [-0.2, 0) is 54.6 Å². The molecule has 7 rings (SSSR count). The molecule has 4 aromatic rings. The Bertz CT molecular complexity index is 2370. The minimum Gasteiger partial charge on any atom is -0.508 e. The molecule has 2 aromatic carbocycles.